The average Bonchev–Trinajstić information content (AvgIpc) is 2.80. The Morgan fingerprint density at radius 2 is 1.72 bits per heavy atom. The maximum Gasteiger partial charge on any atom is 0.343 e. The van der Waals surface area contributed by atoms with E-state index in [1.807, 2.05) is 32.0 Å². The van der Waals surface area contributed by atoms with Gasteiger partial charge in [0.2, 0.25) is 0 Å². The van der Waals surface area contributed by atoms with Gasteiger partial charge in [0, 0.05) is 5.56 Å². The lowest BCUT2D eigenvalue weighted by Crippen LogP contribution is -2.24. The first kappa shape index (κ1) is 22.6. The van der Waals surface area contributed by atoms with E-state index in [2.05, 4.69) is 10.5 Å². The topological polar surface area (TPSA) is 86.2 Å². The molecule has 0 aliphatic rings. The Kier molecular flexibility index (Phi) is 7.59. The Morgan fingerprint density at radius 3 is 2.47 bits per heavy atom. The maximum absolute atomic E-state index is 12.4. The number of rotatable bonds is 8. The number of benzene rings is 3. The number of methoxy groups -OCH3 is 1. The SMILES string of the molecule is COc1ccc(C(=O)Oc2ccccc2C=NNC(=O)COc2cc(C)ccc2C)cc1. The fourth-order valence-electron chi connectivity index (χ4n) is 2.78. The summed E-state index contributed by atoms with van der Waals surface area (Å²) in [6.07, 6.45) is 1.41. The lowest BCUT2D eigenvalue weighted by molar-refractivity contribution is -0.123. The molecule has 1 amide bonds. The van der Waals surface area contributed by atoms with Gasteiger partial charge in [0.25, 0.3) is 5.91 Å². The van der Waals surface area contributed by atoms with Crippen molar-refractivity contribution < 1.29 is 23.8 Å². The van der Waals surface area contributed by atoms with Gasteiger partial charge >= 0.3 is 5.97 Å². The number of para-hydroxylation sites is 1. The van der Waals surface area contributed by atoms with Crippen molar-refractivity contribution in [2.24, 2.45) is 5.10 Å². The number of esters is 1. The number of nitrogens with zero attached hydrogens (tertiary/aromatic N) is 1. The van der Waals surface area contributed by atoms with Gasteiger partial charge in [-0.15, -0.1) is 0 Å². The van der Waals surface area contributed by atoms with Gasteiger partial charge in [0.05, 0.1) is 18.9 Å². The normalized spacial score (nSPS) is 10.6. The van der Waals surface area contributed by atoms with E-state index in [-0.39, 0.29) is 6.61 Å². The molecule has 7 heteroatoms. The number of nitrogens with one attached hydrogen (secondary N) is 1. The summed E-state index contributed by atoms with van der Waals surface area (Å²) < 4.78 is 16.1. The van der Waals surface area contributed by atoms with Crippen LogP contribution in [0.25, 0.3) is 0 Å². The monoisotopic (exact) mass is 432 g/mol. The van der Waals surface area contributed by atoms with Crippen LogP contribution in [0.5, 0.6) is 17.2 Å². The fraction of sp³-hybridized carbons (Fsp3) is 0.160. The third kappa shape index (κ3) is 6.18. The third-order valence-corrected chi connectivity index (χ3v) is 4.54. The predicted octanol–water partition coefficient (Wildman–Crippen LogP) is 4.06. The zero-order chi connectivity index (χ0) is 22.9. The molecule has 0 heterocycles. The molecule has 0 spiro atoms. The highest BCUT2D eigenvalue weighted by Crippen LogP contribution is 2.20. The van der Waals surface area contributed by atoms with E-state index < -0.39 is 11.9 Å². The highest BCUT2D eigenvalue weighted by Gasteiger charge is 2.11. The van der Waals surface area contributed by atoms with Crippen LogP contribution in [0.3, 0.4) is 0 Å². The molecule has 0 radical (unpaired) electrons. The lowest BCUT2D eigenvalue weighted by atomic mass is 10.1. The quantitative estimate of drug-likeness (QED) is 0.251. The number of hydrogen-bond donors (Lipinski definition) is 1. The molecule has 0 saturated heterocycles. The molecule has 0 unspecified atom stereocenters. The summed E-state index contributed by atoms with van der Waals surface area (Å²) in [7, 11) is 1.55. The van der Waals surface area contributed by atoms with E-state index in [1.54, 1.807) is 55.6 Å². The average molecular weight is 432 g/mol. The molecule has 164 valence electrons. The molecule has 3 aromatic carbocycles. The minimum atomic E-state index is -0.514. The molecule has 0 bridgehead atoms. The second-order valence-electron chi connectivity index (χ2n) is 7.01. The van der Waals surface area contributed by atoms with E-state index in [9.17, 15) is 9.59 Å². The summed E-state index contributed by atoms with van der Waals surface area (Å²) in [6, 6.07) is 19.3. The van der Waals surface area contributed by atoms with Crippen molar-refractivity contribution in [3.8, 4) is 17.2 Å². The number of hydrazone groups is 1. The number of carbonyl (C=O) groups excluding carboxylic acids is 2. The van der Waals surface area contributed by atoms with Crippen LogP contribution >= 0.6 is 0 Å². The predicted molar refractivity (Wildman–Crippen MR) is 122 cm³/mol. The first-order chi connectivity index (χ1) is 15.5. The number of hydrogen-bond acceptors (Lipinski definition) is 6. The number of carbonyl (C=O) groups is 2. The van der Waals surface area contributed by atoms with Crippen LogP contribution in [0.4, 0.5) is 0 Å². The highest BCUT2D eigenvalue weighted by molar-refractivity contribution is 5.93. The smallest absolute Gasteiger partial charge is 0.343 e. The second-order valence-corrected chi connectivity index (χ2v) is 7.01. The zero-order valence-corrected chi connectivity index (χ0v) is 18.1. The summed E-state index contributed by atoms with van der Waals surface area (Å²) in [5.41, 5.74) is 5.32. The van der Waals surface area contributed by atoms with Crippen LogP contribution in [-0.4, -0.2) is 31.8 Å². The molecule has 3 rings (SSSR count). The minimum Gasteiger partial charge on any atom is -0.497 e. The third-order valence-electron chi connectivity index (χ3n) is 4.54. The summed E-state index contributed by atoms with van der Waals surface area (Å²) in [4.78, 5) is 24.5. The Balaban J connectivity index is 1.58. The first-order valence-corrected chi connectivity index (χ1v) is 9.93. The summed E-state index contributed by atoms with van der Waals surface area (Å²) in [5.74, 6) is 0.693. The molecule has 7 nitrogen and oxygen atoms in total. The highest BCUT2D eigenvalue weighted by atomic mass is 16.5. The lowest BCUT2D eigenvalue weighted by Gasteiger charge is -2.09. The molecular weight excluding hydrogens is 408 g/mol. The summed E-state index contributed by atoms with van der Waals surface area (Å²) in [5, 5.41) is 3.94. The maximum atomic E-state index is 12.4. The Morgan fingerprint density at radius 1 is 0.969 bits per heavy atom. The number of amides is 1. The molecule has 0 aliphatic carbocycles. The van der Waals surface area contributed by atoms with Crippen LogP contribution in [-0.2, 0) is 4.79 Å². The zero-order valence-electron chi connectivity index (χ0n) is 18.1. The Bertz CT molecular complexity index is 1120. The molecule has 0 aromatic heterocycles. The van der Waals surface area contributed by atoms with Crippen LogP contribution in [0, 0.1) is 13.8 Å². The molecule has 32 heavy (non-hydrogen) atoms. The van der Waals surface area contributed by atoms with Crippen LogP contribution in [0.2, 0.25) is 0 Å². The fourth-order valence-corrected chi connectivity index (χ4v) is 2.78. The van der Waals surface area contributed by atoms with Crippen molar-refractivity contribution in [2.45, 2.75) is 13.8 Å². The van der Waals surface area contributed by atoms with Gasteiger partial charge < -0.3 is 14.2 Å². The summed E-state index contributed by atoms with van der Waals surface area (Å²) in [6.45, 7) is 3.69. The van der Waals surface area contributed by atoms with Crippen LogP contribution in [0.1, 0.15) is 27.0 Å². The van der Waals surface area contributed by atoms with Gasteiger partial charge in [-0.2, -0.15) is 5.10 Å². The van der Waals surface area contributed by atoms with Crippen molar-refractivity contribution in [3.63, 3.8) is 0 Å². The van der Waals surface area contributed by atoms with Crippen molar-refractivity contribution in [3.05, 3.63) is 89.0 Å². The van der Waals surface area contributed by atoms with Gasteiger partial charge in [0.1, 0.15) is 17.2 Å². The van der Waals surface area contributed by atoms with E-state index in [1.165, 1.54) is 6.21 Å². The first-order valence-electron chi connectivity index (χ1n) is 9.93. The molecular formula is C25H24N2O5. The molecule has 3 aromatic rings. The van der Waals surface area contributed by atoms with Crippen molar-refractivity contribution >= 4 is 18.1 Å². The van der Waals surface area contributed by atoms with Gasteiger partial charge in [0.15, 0.2) is 6.61 Å². The van der Waals surface area contributed by atoms with Gasteiger partial charge in [-0.05, 0) is 67.4 Å². The van der Waals surface area contributed by atoms with E-state index in [0.717, 1.165) is 11.1 Å². The van der Waals surface area contributed by atoms with E-state index in [0.29, 0.717) is 28.4 Å². The van der Waals surface area contributed by atoms with Crippen molar-refractivity contribution in [2.75, 3.05) is 13.7 Å². The largest absolute Gasteiger partial charge is 0.497 e. The molecule has 0 fully saturated rings. The molecule has 1 N–H and O–H groups in total. The Hall–Kier alpha value is -4.13. The number of aryl methyl sites for hydroxylation is 2. The molecule has 0 saturated carbocycles. The second kappa shape index (κ2) is 10.8. The standard InChI is InChI=1S/C25H24N2O5/c1-17-8-9-18(2)23(14-17)31-16-24(28)27-26-15-20-6-4-5-7-22(20)32-25(29)19-10-12-21(30-3)13-11-19/h4-15H,16H2,1-3H3,(H,27,28). The minimum absolute atomic E-state index is 0.171. The number of ether oxygens (including phenoxy) is 3. The van der Waals surface area contributed by atoms with E-state index in [4.69, 9.17) is 14.2 Å². The van der Waals surface area contributed by atoms with Gasteiger partial charge in [-0.25, -0.2) is 10.2 Å². The molecule has 0 atom stereocenters. The van der Waals surface area contributed by atoms with Crippen LogP contribution in [0.15, 0.2) is 71.8 Å². The molecule has 0 aliphatic heterocycles. The van der Waals surface area contributed by atoms with Gasteiger partial charge in [-0.1, -0.05) is 24.3 Å². The van der Waals surface area contributed by atoms with Gasteiger partial charge in [-0.3, -0.25) is 4.79 Å². The van der Waals surface area contributed by atoms with E-state index >= 15 is 0 Å². The van der Waals surface area contributed by atoms with Crippen LogP contribution < -0.4 is 19.6 Å². The Labute approximate surface area is 186 Å². The summed E-state index contributed by atoms with van der Waals surface area (Å²) >= 11 is 0. The van der Waals surface area contributed by atoms with Crippen molar-refractivity contribution in [1.82, 2.24) is 5.43 Å². The van der Waals surface area contributed by atoms with Crippen molar-refractivity contribution in [1.29, 1.82) is 0 Å².